The summed E-state index contributed by atoms with van der Waals surface area (Å²) in [6.45, 7) is 1.43. The highest BCUT2D eigenvalue weighted by atomic mass is 16.1. The highest BCUT2D eigenvalue weighted by Gasteiger charge is 2.07. The number of pyridine rings is 2. The second-order valence-electron chi connectivity index (χ2n) is 5.25. The molecule has 0 aliphatic heterocycles. The predicted octanol–water partition coefficient (Wildman–Crippen LogP) is 2.90. The number of hydrogen-bond donors (Lipinski definition) is 1. The van der Waals surface area contributed by atoms with Gasteiger partial charge in [-0.2, -0.15) is 4.98 Å². The van der Waals surface area contributed by atoms with Crippen LogP contribution in [0.3, 0.4) is 0 Å². The molecule has 112 valence electrons. The van der Waals surface area contributed by atoms with E-state index < -0.39 is 0 Å². The first-order valence-electron chi connectivity index (χ1n) is 7.18. The molecule has 0 bridgehead atoms. The molecule has 1 aromatic carbocycles. The summed E-state index contributed by atoms with van der Waals surface area (Å²) in [5, 5.41) is 7.92. The van der Waals surface area contributed by atoms with E-state index in [0.29, 0.717) is 11.6 Å². The zero-order valence-corrected chi connectivity index (χ0v) is 12.4. The van der Waals surface area contributed by atoms with E-state index in [4.69, 9.17) is 0 Å². The topological polar surface area (TPSA) is 72.2 Å². The van der Waals surface area contributed by atoms with Crippen molar-refractivity contribution in [1.29, 1.82) is 0 Å². The molecular formula is C17H13N5O. The van der Waals surface area contributed by atoms with Crippen LogP contribution in [0.2, 0.25) is 0 Å². The Morgan fingerprint density at radius 1 is 1.13 bits per heavy atom. The maximum absolute atomic E-state index is 11.1. The molecule has 6 nitrogen and oxygen atoms in total. The van der Waals surface area contributed by atoms with Gasteiger partial charge in [0.25, 0.3) is 0 Å². The fourth-order valence-electron chi connectivity index (χ4n) is 2.49. The monoisotopic (exact) mass is 303 g/mol. The van der Waals surface area contributed by atoms with Gasteiger partial charge in [-0.25, -0.2) is 4.52 Å². The largest absolute Gasteiger partial charge is 0.293 e. The molecule has 0 aliphatic rings. The normalized spacial score (nSPS) is 11.0. The number of hydrogen-bond acceptors (Lipinski definition) is 4. The summed E-state index contributed by atoms with van der Waals surface area (Å²) in [6.07, 6.45) is 3.72. The minimum absolute atomic E-state index is 0.195. The molecule has 0 spiro atoms. The summed E-state index contributed by atoms with van der Waals surface area (Å²) in [5.41, 5.74) is 3.62. The van der Waals surface area contributed by atoms with E-state index in [0.717, 1.165) is 22.0 Å². The molecule has 3 heterocycles. The van der Waals surface area contributed by atoms with Gasteiger partial charge in [-0.05, 0) is 24.3 Å². The Morgan fingerprint density at radius 3 is 2.87 bits per heavy atom. The minimum atomic E-state index is -0.195. The van der Waals surface area contributed by atoms with Crippen LogP contribution >= 0.6 is 0 Å². The number of carbonyl (C=O) groups excluding carboxylic acids is 1. The molecule has 3 aromatic heterocycles. The first kappa shape index (κ1) is 13.4. The Balaban J connectivity index is 1.79. The molecule has 0 radical (unpaired) electrons. The summed E-state index contributed by atoms with van der Waals surface area (Å²) >= 11 is 0. The van der Waals surface area contributed by atoms with Crippen molar-refractivity contribution in [3.63, 3.8) is 0 Å². The molecule has 4 aromatic rings. The zero-order valence-electron chi connectivity index (χ0n) is 12.4. The van der Waals surface area contributed by atoms with E-state index in [1.807, 2.05) is 48.8 Å². The lowest BCUT2D eigenvalue weighted by Gasteiger charge is -2.03. The Morgan fingerprint density at radius 2 is 2.00 bits per heavy atom. The Bertz CT molecular complexity index is 1040. The summed E-state index contributed by atoms with van der Waals surface area (Å²) in [7, 11) is 0. The SMILES string of the molecule is CC(=O)Nc1nc2ccc(-c3cnc4ccccc4c3)cn2n1. The van der Waals surface area contributed by atoms with Crippen molar-refractivity contribution in [2.45, 2.75) is 6.92 Å². The molecule has 6 heteroatoms. The van der Waals surface area contributed by atoms with Crippen LogP contribution in [-0.2, 0) is 4.79 Å². The summed E-state index contributed by atoms with van der Waals surface area (Å²) < 4.78 is 1.65. The molecule has 0 fully saturated rings. The summed E-state index contributed by atoms with van der Waals surface area (Å²) in [6, 6.07) is 13.9. The predicted molar refractivity (Wildman–Crippen MR) is 88.0 cm³/mol. The number of aromatic nitrogens is 4. The van der Waals surface area contributed by atoms with Crippen LogP contribution in [0.15, 0.2) is 54.9 Å². The van der Waals surface area contributed by atoms with Crippen molar-refractivity contribution < 1.29 is 4.79 Å². The summed E-state index contributed by atoms with van der Waals surface area (Å²) in [5.74, 6) is 0.103. The smallest absolute Gasteiger partial charge is 0.249 e. The van der Waals surface area contributed by atoms with Crippen LogP contribution in [0.1, 0.15) is 6.92 Å². The third-order valence-electron chi connectivity index (χ3n) is 3.54. The highest BCUT2D eigenvalue weighted by molar-refractivity contribution is 5.87. The van der Waals surface area contributed by atoms with Crippen molar-refractivity contribution in [2.24, 2.45) is 0 Å². The van der Waals surface area contributed by atoms with E-state index >= 15 is 0 Å². The molecule has 1 N–H and O–H groups in total. The minimum Gasteiger partial charge on any atom is -0.293 e. The highest BCUT2D eigenvalue weighted by Crippen LogP contribution is 2.23. The molecule has 0 atom stereocenters. The van der Waals surface area contributed by atoms with Gasteiger partial charge in [-0.15, -0.1) is 5.10 Å². The summed E-state index contributed by atoms with van der Waals surface area (Å²) in [4.78, 5) is 19.8. The van der Waals surface area contributed by atoms with Crippen LogP contribution in [0.4, 0.5) is 5.95 Å². The maximum atomic E-state index is 11.1. The average molecular weight is 303 g/mol. The number of fused-ring (bicyclic) bond motifs is 2. The van der Waals surface area contributed by atoms with Gasteiger partial charge in [0, 0.05) is 35.8 Å². The number of rotatable bonds is 2. The second-order valence-corrected chi connectivity index (χ2v) is 5.25. The Kier molecular flexibility index (Phi) is 3.01. The molecule has 0 saturated heterocycles. The molecule has 0 aliphatic carbocycles. The maximum Gasteiger partial charge on any atom is 0.249 e. The van der Waals surface area contributed by atoms with E-state index in [9.17, 15) is 4.79 Å². The van der Waals surface area contributed by atoms with E-state index in [1.165, 1.54) is 6.92 Å². The Labute approximate surface area is 131 Å². The van der Waals surface area contributed by atoms with Gasteiger partial charge >= 0.3 is 0 Å². The first-order valence-corrected chi connectivity index (χ1v) is 7.18. The Hall–Kier alpha value is -3.28. The number of amides is 1. The lowest BCUT2D eigenvalue weighted by atomic mass is 10.1. The van der Waals surface area contributed by atoms with Crippen molar-refractivity contribution >= 4 is 28.4 Å². The van der Waals surface area contributed by atoms with Gasteiger partial charge in [0.2, 0.25) is 11.9 Å². The van der Waals surface area contributed by atoms with Gasteiger partial charge in [-0.1, -0.05) is 18.2 Å². The van der Waals surface area contributed by atoms with Gasteiger partial charge in [0.1, 0.15) is 0 Å². The van der Waals surface area contributed by atoms with Crippen LogP contribution in [0, 0.1) is 0 Å². The molecule has 4 rings (SSSR count). The molecular weight excluding hydrogens is 290 g/mol. The molecule has 23 heavy (non-hydrogen) atoms. The number of nitrogens with one attached hydrogen (secondary N) is 1. The van der Waals surface area contributed by atoms with Crippen LogP contribution in [0.5, 0.6) is 0 Å². The van der Waals surface area contributed by atoms with E-state index in [2.05, 4.69) is 26.4 Å². The van der Waals surface area contributed by atoms with E-state index in [1.54, 1.807) is 4.52 Å². The van der Waals surface area contributed by atoms with Gasteiger partial charge in [-0.3, -0.25) is 15.1 Å². The number of carbonyl (C=O) groups is 1. The van der Waals surface area contributed by atoms with Gasteiger partial charge < -0.3 is 0 Å². The van der Waals surface area contributed by atoms with Gasteiger partial charge in [0.05, 0.1) is 5.52 Å². The number of para-hydroxylation sites is 1. The number of nitrogens with zero attached hydrogens (tertiary/aromatic N) is 4. The van der Waals surface area contributed by atoms with Crippen LogP contribution in [-0.4, -0.2) is 25.5 Å². The third kappa shape index (κ3) is 2.50. The quantitative estimate of drug-likeness (QED) is 0.618. The van der Waals surface area contributed by atoms with Crippen molar-refractivity contribution in [2.75, 3.05) is 5.32 Å². The lowest BCUT2D eigenvalue weighted by molar-refractivity contribution is -0.114. The van der Waals surface area contributed by atoms with Crippen LogP contribution < -0.4 is 5.32 Å². The lowest BCUT2D eigenvalue weighted by Crippen LogP contribution is -2.07. The van der Waals surface area contributed by atoms with Gasteiger partial charge in [0.15, 0.2) is 5.65 Å². The number of anilines is 1. The zero-order chi connectivity index (χ0) is 15.8. The molecule has 1 amide bonds. The molecule has 0 unspecified atom stereocenters. The fraction of sp³-hybridized carbons (Fsp3) is 0.0588. The van der Waals surface area contributed by atoms with Crippen LogP contribution in [0.25, 0.3) is 27.7 Å². The fourth-order valence-corrected chi connectivity index (χ4v) is 2.49. The second kappa shape index (κ2) is 5.17. The van der Waals surface area contributed by atoms with Crippen molar-refractivity contribution in [1.82, 2.24) is 19.6 Å². The molecule has 0 saturated carbocycles. The van der Waals surface area contributed by atoms with Crippen molar-refractivity contribution in [3.05, 3.63) is 54.9 Å². The first-order chi connectivity index (χ1) is 11.2. The average Bonchev–Trinajstić information content (AvgIpc) is 2.94. The third-order valence-corrected chi connectivity index (χ3v) is 3.54. The van der Waals surface area contributed by atoms with Crippen molar-refractivity contribution in [3.8, 4) is 11.1 Å². The number of benzene rings is 1. The van der Waals surface area contributed by atoms with E-state index in [-0.39, 0.29) is 5.91 Å². The standard InChI is InChI=1S/C17H13N5O/c1-11(23)19-17-20-16-7-6-13(10-22(16)21-17)14-8-12-4-2-3-5-15(12)18-9-14/h2-10H,1H3,(H,19,21,23).